The topological polar surface area (TPSA) is 69.6 Å². The van der Waals surface area contributed by atoms with Gasteiger partial charge in [-0.1, -0.05) is 42.3 Å². The van der Waals surface area contributed by atoms with Crippen LogP contribution in [0.15, 0.2) is 81.0 Å². The SMILES string of the molecule is CC[C@@H](C)Oc1ccc(C=Nn2c(-c3cc4cc(Cl)ccc4o3)nc3ccccc3c2=O)cc1Cl. The van der Waals surface area contributed by atoms with Gasteiger partial charge in [0.25, 0.3) is 5.56 Å². The Bertz CT molecular complexity index is 1640. The third kappa shape index (κ3) is 4.67. The first-order valence-corrected chi connectivity index (χ1v) is 11.9. The molecule has 5 aromatic rings. The Morgan fingerprint density at radius 1 is 1.11 bits per heavy atom. The molecule has 0 radical (unpaired) electrons. The average Bonchev–Trinajstić information content (AvgIpc) is 3.28. The van der Waals surface area contributed by atoms with Gasteiger partial charge in [-0.15, -0.1) is 0 Å². The van der Waals surface area contributed by atoms with Gasteiger partial charge in [0.1, 0.15) is 11.3 Å². The van der Waals surface area contributed by atoms with Crippen molar-refractivity contribution < 1.29 is 9.15 Å². The summed E-state index contributed by atoms with van der Waals surface area (Å²) in [5.41, 5.74) is 1.56. The van der Waals surface area contributed by atoms with E-state index in [4.69, 9.17) is 32.4 Å². The maximum atomic E-state index is 13.4. The van der Waals surface area contributed by atoms with E-state index in [9.17, 15) is 4.79 Å². The van der Waals surface area contributed by atoms with E-state index in [1.165, 1.54) is 4.68 Å². The standard InChI is InChI=1S/C27H21Cl2N3O3/c1-3-16(2)34-24-10-8-17(12-21(24)29)15-30-32-26(31-22-7-5-4-6-20(22)27(32)33)25-14-18-13-19(28)9-11-23(18)35-25/h4-16H,3H2,1-2H3/t16-/m1/s1. The molecule has 2 heterocycles. The van der Waals surface area contributed by atoms with E-state index in [0.717, 1.165) is 11.8 Å². The van der Waals surface area contributed by atoms with Crippen LogP contribution in [0.3, 0.4) is 0 Å². The molecule has 0 saturated heterocycles. The molecule has 0 bridgehead atoms. The maximum absolute atomic E-state index is 13.4. The minimum atomic E-state index is -0.317. The van der Waals surface area contributed by atoms with E-state index in [1.54, 1.807) is 60.8 Å². The van der Waals surface area contributed by atoms with Crippen LogP contribution in [0.2, 0.25) is 10.0 Å². The summed E-state index contributed by atoms with van der Waals surface area (Å²) in [6.45, 7) is 4.03. The Labute approximate surface area is 211 Å². The molecule has 176 valence electrons. The van der Waals surface area contributed by atoms with E-state index in [1.807, 2.05) is 26.0 Å². The zero-order chi connectivity index (χ0) is 24.5. The Kier molecular flexibility index (Phi) is 6.32. The minimum absolute atomic E-state index is 0.0514. The van der Waals surface area contributed by atoms with Crippen molar-refractivity contribution in [3.8, 4) is 17.3 Å². The van der Waals surface area contributed by atoms with Gasteiger partial charge in [0.05, 0.1) is 28.2 Å². The van der Waals surface area contributed by atoms with E-state index in [2.05, 4.69) is 10.1 Å². The number of nitrogens with zero attached hydrogens (tertiary/aromatic N) is 3. The van der Waals surface area contributed by atoms with Crippen molar-refractivity contribution in [2.24, 2.45) is 5.10 Å². The van der Waals surface area contributed by atoms with E-state index in [-0.39, 0.29) is 17.5 Å². The van der Waals surface area contributed by atoms with Crippen molar-refractivity contribution in [3.05, 3.63) is 92.7 Å². The van der Waals surface area contributed by atoms with E-state index >= 15 is 0 Å². The number of ether oxygens (including phenoxy) is 1. The number of hydrogen-bond acceptors (Lipinski definition) is 5. The fraction of sp³-hybridized carbons (Fsp3) is 0.148. The lowest BCUT2D eigenvalue weighted by Gasteiger charge is -2.14. The maximum Gasteiger partial charge on any atom is 0.282 e. The fourth-order valence-electron chi connectivity index (χ4n) is 3.63. The summed E-state index contributed by atoms with van der Waals surface area (Å²) >= 11 is 12.5. The number of para-hydroxylation sites is 1. The second kappa shape index (κ2) is 9.56. The van der Waals surface area contributed by atoms with Crippen molar-refractivity contribution in [2.45, 2.75) is 26.4 Å². The van der Waals surface area contributed by atoms with E-state index in [0.29, 0.717) is 43.6 Å². The van der Waals surface area contributed by atoms with Gasteiger partial charge in [0, 0.05) is 10.4 Å². The van der Waals surface area contributed by atoms with Crippen LogP contribution in [0.25, 0.3) is 33.5 Å². The van der Waals surface area contributed by atoms with Crippen LogP contribution in [0, 0.1) is 0 Å². The first-order valence-electron chi connectivity index (χ1n) is 11.1. The predicted molar refractivity (Wildman–Crippen MR) is 141 cm³/mol. The summed E-state index contributed by atoms with van der Waals surface area (Å²) in [4.78, 5) is 18.1. The van der Waals surface area contributed by atoms with Gasteiger partial charge in [-0.3, -0.25) is 4.79 Å². The van der Waals surface area contributed by atoms with Crippen LogP contribution in [0.1, 0.15) is 25.8 Å². The molecule has 0 unspecified atom stereocenters. The fourth-order valence-corrected chi connectivity index (χ4v) is 4.05. The van der Waals surface area contributed by atoms with Gasteiger partial charge in [0.2, 0.25) is 5.82 Å². The molecule has 35 heavy (non-hydrogen) atoms. The molecule has 0 aliphatic rings. The zero-order valence-corrected chi connectivity index (χ0v) is 20.5. The zero-order valence-electron chi connectivity index (χ0n) is 19.0. The number of fused-ring (bicyclic) bond motifs is 2. The number of furan rings is 1. The van der Waals surface area contributed by atoms with Gasteiger partial charge < -0.3 is 9.15 Å². The Morgan fingerprint density at radius 2 is 1.94 bits per heavy atom. The molecule has 3 aromatic carbocycles. The van der Waals surface area contributed by atoms with Gasteiger partial charge >= 0.3 is 0 Å². The predicted octanol–water partition coefficient (Wildman–Crippen LogP) is 7.18. The molecular formula is C27H21Cl2N3O3. The molecule has 0 amide bonds. The van der Waals surface area contributed by atoms with Gasteiger partial charge in [-0.05, 0) is 73.5 Å². The van der Waals surface area contributed by atoms with Crippen molar-refractivity contribution in [3.63, 3.8) is 0 Å². The van der Waals surface area contributed by atoms with Crippen molar-refractivity contribution in [1.29, 1.82) is 0 Å². The van der Waals surface area contributed by atoms with Crippen LogP contribution >= 0.6 is 23.2 Å². The van der Waals surface area contributed by atoms with Crippen LogP contribution in [-0.4, -0.2) is 22.0 Å². The number of benzene rings is 3. The molecule has 0 N–H and O–H groups in total. The van der Waals surface area contributed by atoms with Gasteiger partial charge in [-0.25, -0.2) is 4.98 Å². The van der Waals surface area contributed by atoms with Gasteiger partial charge in [-0.2, -0.15) is 9.78 Å². The molecule has 0 aliphatic heterocycles. The Balaban J connectivity index is 1.61. The Hall–Kier alpha value is -3.61. The minimum Gasteiger partial charge on any atom is -0.489 e. The largest absolute Gasteiger partial charge is 0.489 e. The summed E-state index contributed by atoms with van der Waals surface area (Å²) in [6, 6.07) is 19.6. The Morgan fingerprint density at radius 3 is 2.74 bits per heavy atom. The van der Waals surface area contributed by atoms with Gasteiger partial charge in [0.15, 0.2) is 5.76 Å². The molecule has 0 saturated carbocycles. The summed E-state index contributed by atoms with van der Waals surface area (Å²) in [5.74, 6) is 1.28. The molecule has 2 aromatic heterocycles. The monoisotopic (exact) mass is 505 g/mol. The molecule has 8 heteroatoms. The number of rotatable bonds is 6. The molecule has 6 nitrogen and oxygen atoms in total. The lowest BCUT2D eigenvalue weighted by Crippen LogP contribution is -2.20. The smallest absolute Gasteiger partial charge is 0.282 e. The molecule has 1 atom stereocenters. The lowest BCUT2D eigenvalue weighted by molar-refractivity contribution is 0.217. The van der Waals surface area contributed by atoms with Crippen LogP contribution < -0.4 is 10.3 Å². The second-order valence-electron chi connectivity index (χ2n) is 8.13. The highest BCUT2D eigenvalue weighted by Crippen LogP contribution is 2.29. The highest BCUT2D eigenvalue weighted by atomic mass is 35.5. The van der Waals surface area contributed by atoms with Crippen LogP contribution in [0.5, 0.6) is 5.75 Å². The second-order valence-corrected chi connectivity index (χ2v) is 8.98. The average molecular weight is 506 g/mol. The highest BCUT2D eigenvalue weighted by Gasteiger charge is 2.16. The van der Waals surface area contributed by atoms with Crippen molar-refractivity contribution >= 4 is 51.3 Å². The summed E-state index contributed by atoms with van der Waals surface area (Å²) in [6.07, 6.45) is 2.48. The summed E-state index contributed by atoms with van der Waals surface area (Å²) in [5, 5.41) is 6.77. The number of aromatic nitrogens is 2. The third-order valence-corrected chi connectivity index (χ3v) is 6.16. The molecule has 0 spiro atoms. The normalized spacial score (nSPS) is 12.6. The summed E-state index contributed by atoms with van der Waals surface area (Å²) < 4.78 is 13.1. The summed E-state index contributed by atoms with van der Waals surface area (Å²) in [7, 11) is 0. The third-order valence-electron chi connectivity index (χ3n) is 5.63. The van der Waals surface area contributed by atoms with E-state index < -0.39 is 0 Å². The number of halogens is 2. The van der Waals surface area contributed by atoms with Crippen molar-refractivity contribution in [1.82, 2.24) is 9.66 Å². The highest BCUT2D eigenvalue weighted by molar-refractivity contribution is 6.32. The molecule has 0 fully saturated rings. The lowest BCUT2D eigenvalue weighted by atomic mass is 10.2. The molecular weight excluding hydrogens is 485 g/mol. The first-order chi connectivity index (χ1) is 16.9. The quantitative estimate of drug-likeness (QED) is 0.229. The van der Waals surface area contributed by atoms with Crippen LogP contribution in [-0.2, 0) is 0 Å². The molecule has 0 aliphatic carbocycles. The molecule has 5 rings (SSSR count). The first kappa shape index (κ1) is 23.1. The van der Waals surface area contributed by atoms with Crippen molar-refractivity contribution in [2.75, 3.05) is 0 Å². The number of hydrogen-bond donors (Lipinski definition) is 0. The van der Waals surface area contributed by atoms with Crippen LogP contribution in [0.4, 0.5) is 0 Å².